The van der Waals surface area contributed by atoms with Gasteiger partial charge in [0.1, 0.15) is 0 Å². The minimum atomic E-state index is -5.91. The fourth-order valence-corrected chi connectivity index (χ4v) is 2.29. The summed E-state index contributed by atoms with van der Waals surface area (Å²) in [4.78, 5) is 0. The van der Waals surface area contributed by atoms with Gasteiger partial charge in [0, 0.05) is 16.1 Å². The molecule has 0 spiro atoms. The second-order valence-corrected chi connectivity index (χ2v) is 5.71. The summed E-state index contributed by atoms with van der Waals surface area (Å²) in [5, 5.41) is 13.0. The summed E-state index contributed by atoms with van der Waals surface area (Å²) in [5.41, 5.74) is -4.81. The van der Waals surface area contributed by atoms with Gasteiger partial charge in [-0.15, -0.1) is 0 Å². The van der Waals surface area contributed by atoms with Crippen LogP contribution in [-0.2, 0) is 6.54 Å². The number of halogens is 8. The van der Waals surface area contributed by atoms with Crippen LogP contribution in [0.25, 0.3) is 10.9 Å². The van der Waals surface area contributed by atoms with E-state index in [9.17, 15) is 26.3 Å². The minimum Gasteiger partial charge on any atom is -0.372 e. The van der Waals surface area contributed by atoms with Crippen LogP contribution in [0.5, 0.6) is 0 Å². The van der Waals surface area contributed by atoms with Crippen LogP contribution in [-0.4, -0.2) is 32.8 Å². The minimum absolute atomic E-state index is 0.0892. The Bertz CT molecular complexity index is 697. The molecule has 0 amide bonds. The number of hydrogen-bond acceptors (Lipinski definition) is 2. The summed E-state index contributed by atoms with van der Waals surface area (Å²) in [6, 6.07) is 2.81. The van der Waals surface area contributed by atoms with Crippen LogP contribution < -0.4 is 0 Å². The van der Waals surface area contributed by atoms with Gasteiger partial charge in [-0.25, -0.2) is 0 Å². The van der Waals surface area contributed by atoms with Crippen LogP contribution in [0, 0.1) is 0 Å². The average molecular weight is 412 g/mol. The van der Waals surface area contributed by atoms with Gasteiger partial charge in [0.25, 0.3) is 5.60 Å². The van der Waals surface area contributed by atoms with E-state index in [1.165, 1.54) is 12.1 Å². The van der Waals surface area contributed by atoms with E-state index in [1.54, 1.807) is 0 Å². The maximum atomic E-state index is 12.6. The van der Waals surface area contributed by atoms with Gasteiger partial charge in [0.05, 0.1) is 17.1 Å². The highest BCUT2D eigenvalue weighted by molar-refractivity contribution is 9.10. The second kappa shape index (κ2) is 5.27. The van der Waals surface area contributed by atoms with E-state index in [-0.39, 0.29) is 15.9 Å². The summed E-state index contributed by atoms with van der Waals surface area (Å²) < 4.78 is 76.6. The van der Waals surface area contributed by atoms with Crippen molar-refractivity contribution in [2.75, 3.05) is 0 Å². The standard InChI is InChI=1S/C11H6BrClF6N2O/c12-6-1-2-7-5(8(6)13)3-21(20-7)4-9(22,10(14,15)16)11(17,18)19/h1-3,22H,4H2. The van der Waals surface area contributed by atoms with Crippen molar-refractivity contribution in [2.45, 2.75) is 24.5 Å². The summed E-state index contributed by atoms with van der Waals surface area (Å²) >= 11 is 8.96. The summed E-state index contributed by atoms with van der Waals surface area (Å²) in [5.74, 6) is 0. The Hall–Kier alpha value is -1.00. The van der Waals surface area contributed by atoms with Gasteiger partial charge in [-0.1, -0.05) is 11.6 Å². The largest absolute Gasteiger partial charge is 0.428 e. The lowest BCUT2D eigenvalue weighted by atomic mass is 10.0. The number of aliphatic hydroxyl groups is 1. The first-order valence-corrected chi connectivity index (χ1v) is 6.71. The number of hydrogen-bond donors (Lipinski definition) is 1. The molecule has 1 aromatic heterocycles. The van der Waals surface area contributed by atoms with Gasteiger partial charge in [-0.2, -0.15) is 31.4 Å². The molecule has 0 aliphatic rings. The normalized spacial score (nSPS) is 13.9. The van der Waals surface area contributed by atoms with Gasteiger partial charge < -0.3 is 5.11 Å². The van der Waals surface area contributed by atoms with Gasteiger partial charge in [0.15, 0.2) is 0 Å². The van der Waals surface area contributed by atoms with Crippen molar-refractivity contribution in [3.63, 3.8) is 0 Å². The first kappa shape index (κ1) is 17.4. The molecule has 1 aromatic carbocycles. The predicted molar refractivity (Wildman–Crippen MR) is 69.5 cm³/mol. The van der Waals surface area contributed by atoms with E-state index in [2.05, 4.69) is 21.0 Å². The molecule has 0 saturated heterocycles. The third kappa shape index (κ3) is 2.79. The van der Waals surface area contributed by atoms with Gasteiger partial charge in [-0.3, -0.25) is 4.68 Å². The molecule has 0 fully saturated rings. The van der Waals surface area contributed by atoms with Crippen LogP contribution in [0.1, 0.15) is 0 Å². The van der Waals surface area contributed by atoms with Crippen molar-refractivity contribution >= 4 is 38.4 Å². The van der Waals surface area contributed by atoms with Crippen molar-refractivity contribution < 1.29 is 31.4 Å². The fraction of sp³-hybridized carbons (Fsp3) is 0.364. The van der Waals surface area contributed by atoms with Crippen molar-refractivity contribution in [1.29, 1.82) is 0 Å². The lowest BCUT2D eigenvalue weighted by Gasteiger charge is -2.31. The van der Waals surface area contributed by atoms with Crippen LogP contribution in [0.2, 0.25) is 5.02 Å². The summed E-state index contributed by atoms with van der Waals surface area (Å²) in [6.07, 6.45) is -10.9. The van der Waals surface area contributed by atoms with Crippen LogP contribution in [0.3, 0.4) is 0 Å². The first-order chi connectivity index (χ1) is 9.87. The van der Waals surface area contributed by atoms with E-state index in [1.807, 2.05) is 0 Å². The third-order valence-electron chi connectivity index (χ3n) is 2.95. The topological polar surface area (TPSA) is 38.0 Å². The molecule has 2 rings (SSSR count). The Morgan fingerprint density at radius 3 is 2.18 bits per heavy atom. The summed E-state index contributed by atoms with van der Waals surface area (Å²) in [7, 11) is 0. The molecular weight excluding hydrogens is 405 g/mol. The number of benzene rings is 1. The molecule has 0 unspecified atom stereocenters. The maximum absolute atomic E-state index is 12.6. The van der Waals surface area contributed by atoms with E-state index in [4.69, 9.17) is 16.7 Å². The number of fused-ring (bicyclic) bond motifs is 1. The predicted octanol–water partition coefficient (Wildman–Crippen LogP) is 4.31. The monoisotopic (exact) mass is 410 g/mol. The number of rotatable bonds is 2. The number of nitrogens with zero attached hydrogens (tertiary/aromatic N) is 2. The highest BCUT2D eigenvalue weighted by atomic mass is 79.9. The molecule has 122 valence electrons. The maximum Gasteiger partial charge on any atom is 0.428 e. The van der Waals surface area contributed by atoms with Gasteiger partial charge >= 0.3 is 12.4 Å². The second-order valence-electron chi connectivity index (χ2n) is 4.48. The molecule has 3 nitrogen and oxygen atoms in total. The molecule has 2 aromatic rings. The third-order valence-corrected chi connectivity index (χ3v) is 4.25. The lowest BCUT2D eigenvalue weighted by molar-refractivity contribution is -0.372. The van der Waals surface area contributed by atoms with Crippen molar-refractivity contribution in [3.8, 4) is 0 Å². The highest BCUT2D eigenvalue weighted by Crippen LogP contribution is 2.44. The number of alkyl halides is 6. The van der Waals surface area contributed by atoms with Crippen LogP contribution in [0.4, 0.5) is 26.3 Å². The molecule has 0 saturated carbocycles. The quantitative estimate of drug-likeness (QED) is 0.748. The van der Waals surface area contributed by atoms with Crippen molar-refractivity contribution in [3.05, 3.63) is 27.8 Å². The SMILES string of the molecule is OC(Cn1cc2c(Cl)c(Br)ccc2n1)(C(F)(F)F)C(F)(F)F. The Kier molecular flexibility index (Phi) is 4.16. The Labute approximate surface area is 132 Å². The van der Waals surface area contributed by atoms with Crippen LogP contribution in [0.15, 0.2) is 22.8 Å². The molecule has 22 heavy (non-hydrogen) atoms. The molecule has 1 heterocycles. The fourth-order valence-electron chi connectivity index (χ4n) is 1.74. The summed E-state index contributed by atoms with van der Waals surface area (Å²) in [6.45, 7) is -1.83. The van der Waals surface area contributed by atoms with Gasteiger partial charge in [-0.05, 0) is 28.1 Å². The zero-order chi connectivity index (χ0) is 16.9. The molecule has 0 atom stereocenters. The van der Waals surface area contributed by atoms with Crippen molar-refractivity contribution in [1.82, 2.24) is 9.78 Å². The Morgan fingerprint density at radius 2 is 1.68 bits per heavy atom. The molecular formula is C11H6BrClF6N2O. The van der Waals surface area contributed by atoms with Crippen molar-refractivity contribution in [2.24, 2.45) is 0 Å². The van der Waals surface area contributed by atoms with E-state index < -0.39 is 24.5 Å². The lowest BCUT2D eigenvalue weighted by Crippen LogP contribution is -2.59. The molecule has 0 bridgehead atoms. The molecule has 0 aliphatic heterocycles. The Morgan fingerprint density at radius 1 is 1.14 bits per heavy atom. The average Bonchev–Trinajstić information content (AvgIpc) is 2.74. The van der Waals surface area contributed by atoms with Gasteiger partial charge in [0.2, 0.25) is 0 Å². The zero-order valence-electron chi connectivity index (χ0n) is 10.3. The van der Waals surface area contributed by atoms with E-state index in [0.29, 0.717) is 9.15 Å². The van der Waals surface area contributed by atoms with E-state index >= 15 is 0 Å². The zero-order valence-corrected chi connectivity index (χ0v) is 12.6. The smallest absolute Gasteiger partial charge is 0.372 e. The first-order valence-electron chi connectivity index (χ1n) is 5.54. The highest BCUT2D eigenvalue weighted by Gasteiger charge is 2.70. The molecule has 0 radical (unpaired) electrons. The molecule has 0 aliphatic carbocycles. The molecule has 1 N–H and O–H groups in total. The van der Waals surface area contributed by atoms with E-state index in [0.717, 1.165) is 6.20 Å². The Balaban J connectivity index is 2.50. The van der Waals surface area contributed by atoms with Crippen LogP contribution >= 0.6 is 27.5 Å². The number of aromatic nitrogens is 2. The molecule has 11 heteroatoms.